The van der Waals surface area contributed by atoms with E-state index in [1.807, 2.05) is 13.8 Å². The molecule has 0 bridgehead atoms. The number of hydrogen-bond acceptors (Lipinski definition) is 2. The molecule has 2 nitrogen and oxygen atoms in total. The van der Waals surface area contributed by atoms with Gasteiger partial charge in [0.05, 0.1) is 17.3 Å². The van der Waals surface area contributed by atoms with Crippen molar-refractivity contribution >= 4 is 0 Å². The van der Waals surface area contributed by atoms with Gasteiger partial charge >= 0.3 is 0 Å². The molecule has 3 atom stereocenters. The van der Waals surface area contributed by atoms with Gasteiger partial charge in [0.2, 0.25) is 0 Å². The molecule has 0 aromatic carbocycles. The lowest BCUT2D eigenvalue weighted by Crippen LogP contribution is -2.41. The van der Waals surface area contributed by atoms with Gasteiger partial charge in [-0.25, -0.2) is 0 Å². The molecule has 2 aliphatic rings. The Hall–Kier alpha value is -0.340. The molecule has 17 heavy (non-hydrogen) atoms. The molecular formula is C15H26O2. The SMILES string of the molecule is CC1=CCC([C@]2(C)CC[C@H](C(C)(C)O)O2)CC1. The summed E-state index contributed by atoms with van der Waals surface area (Å²) in [6.45, 7) is 8.16. The molecular weight excluding hydrogens is 212 g/mol. The smallest absolute Gasteiger partial charge is 0.0865 e. The summed E-state index contributed by atoms with van der Waals surface area (Å²) in [5.41, 5.74) is 0.780. The number of ether oxygens (including phenoxy) is 1. The Kier molecular flexibility index (Phi) is 3.39. The van der Waals surface area contributed by atoms with Crippen LogP contribution in [0, 0.1) is 5.92 Å². The van der Waals surface area contributed by atoms with E-state index in [2.05, 4.69) is 19.9 Å². The number of hydrogen-bond donors (Lipinski definition) is 1. The molecule has 0 amide bonds. The van der Waals surface area contributed by atoms with Crippen LogP contribution in [0.25, 0.3) is 0 Å². The van der Waals surface area contributed by atoms with Gasteiger partial charge in [0.15, 0.2) is 0 Å². The highest BCUT2D eigenvalue weighted by molar-refractivity contribution is 5.07. The molecule has 0 saturated carbocycles. The fourth-order valence-corrected chi connectivity index (χ4v) is 3.18. The van der Waals surface area contributed by atoms with E-state index in [0.717, 1.165) is 19.3 Å². The summed E-state index contributed by atoms with van der Waals surface area (Å²) in [5, 5.41) is 10.1. The van der Waals surface area contributed by atoms with Crippen molar-refractivity contribution in [1.29, 1.82) is 0 Å². The van der Waals surface area contributed by atoms with E-state index in [1.54, 1.807) is 0 Å². The molecule has 0 spiro atoms. The van der Waals surface area contributed by atoms with Crippen LogP contribution in [-0.4, -0.2) is 22.4 Å². The first-order chi connectivity index (χ1) is 7.81. The van der Waals surface area contributed by atoms with Gasteiger partial charge in [0.25, 0.3) is 0 Å². The maximum absolute atomic E-state index is 10.1. The maximum atomic E-state index is 10.1. The van der Waals surface area contributed by atoms with Crippen LogP contribution >= 0.6 is 0 Å². The van der Waals surface area contributed by atoms with Crippen LogP contribution in [0.2, 0.25) is 0 Å². The van der Waals surface area contributed by atoms with E-state index >= 15 is 0 Å². The molecule has 0 aromatic rings. The Morgan fingerprint density at radius 1 is 1.41 bits per heavy atom. The van der Waals surface area contributed by atoms with E-state index in [4.69, 9.17) is 4.74 Å². The van der Waals surface area contributed by atoms with E-state index in [9.17, 15) is 5.11 Å². The summed E-state index contributed by atoms with van der Waals surface area (Å²) >= 11 is 0. The van der Waals surface area contributed by atoms with Crippen LogP contribution in [0.5, 0.6) is 0 Å². The molecule has 2 rings (SSSR count). The van der Waals surface area contributed by atoms with Gasteiger partial charge in [-0.05, 0) is 65.7 Å². The first-order valence-corrected chi connectivity index (χ1v) is 6.87. The zero-order valence-electron chi connectivity index (χ0n) is 11.6. The lowest BCUT2D eigenvalue weighted by Gasteiger charge is -2.37. The number of aliphatic hydroxyl groups is 1. The van der Waals surface area contributed by atoms with Gasteiger partial charge < -0.3 is 9.84 Å². The molecule has 2 heteroatoms. The van der Waals surface area contributed by atoms with Crippen molar-refractivity contribution in [2.24, 2.45) is 5.92 Å². The average molecular weight is 238 g/mol. The second-order valence-electron chi connectivity index (χ2n) is 6.63. The van der Waals surface area contributed by atoms with Crippen LogP contribution in [-0.2, 0) is 4.74 Å². The lowest BCUT2D eigenvalue weighted by molar-refractivity contribution is -0.135. The molecule has 1 fully saturated rings. The summed E-state index contributed by atoms with van der Waals surface area (Å²) in [4.78, 5) is 0. The fraction of sp³-hybridized carbons (Fsp3) is 0.867. The quantitative estimate of drug-likeness (QED) is 0.747. The molecule has 1 heterocycles. The highest BCUT2D eigenvalue weighted by Crippen LogP contribution is 2.44. The van der Waals surface area contributed by atoms with Gasteiger partial charge in [-0.15, -0.1) is 0 Å². The van der Waals surface area contributed by atoms with E-state index in [0.29, 0.717) is 5.92 Å². The monoisotopic (exact) mass is 238 g/mol. The minimum atomic E-state index is -0.710. The van der Waals surface area contributed by atoms with Crippen LogP contribution < -0.4 is 0 Å². The molecule has 1 N–H and O–H groups in total. The highest BCUT2D eigenvalue weighted by atomic mass is 16.5. The second-order valence-corrected chi connectivity index (χ2v) is 6.63. The normalized spacial score (nSPS) is 39.2. The molecule has 98 valence electrons. The zero-order chi connectivity index (χ0) is 12.7. The zero-order valence-corrected chi connectivity index (χ0v) is 11.6. The third-order valence-electron chi connectivity index (χ3n) is 4.60. The van der Waals surface area contributed by atoms with Gasteiger partial charge in [-0.1, -0.05) is 11.6 Å². The largest absolute Gasteiger partial charge is 0.388 e. The first-order valence-electron chi connectivity index (χ1n) is 6.87. The van der Waals surface area contributed by atoms with Crippen molar-refractivity contribution in [1.82, 2.24) is 0 Å². The number of allylic oxidation sites excluding steroid dienone is 2. The Morgan fingerprint density at radius 3 is 2.59 bits per heavy atom. The summed E-state index contributed by atoms with van der Waals surface area (Å²) in [6, 6.07) is 0. The van der Waals surface area contributed by atoms with Gasteiger partial charge in [0.1, 0.15) is 0 Å². The third kappa shape index (κ3) is 2.74. The average Bonchev–Trinajstić information content (AvgIpc) is 2.62. The minimum absolute atomic E-state index is 0.000460. The van der Waals surface area contributed by atoms with Gasteiger partial charge in [-0.2, -0.15) is 0 Å². The van der Waals surface area contributed by atoms with Crippen LogP contribution in [0.3, 0.4) is 0 Å². The van der Waals surface area contributed by atoms with Crippen molar-refractivity contribution in [3.63, 3.8) is 0 Å². The second kappa shape index (κ2) is 4.40. The predicted octanol–water partition coefficient (Wildman–Crippen LogP) is 3.44. The Morgan fingerprint density at radius 2 is 2.12 bits per heavy atom. The van der Waals surface area contributed by atoms with Crippen molar-refractivity contribution in [3.05, 3.63) is 11.6 Å². The van der Waals surface area contributed by atoms with E-state index in [1.165, 1.54) is 18.4 Å². The van der Waals surface area contributed by atoms with Gasteiger partial charge in [0, 0.05) is 0 Å². The first kappa shape index (κ1) is 13.1. The Bertz CT molecular complexity index is 313. The topological polar surface area (TPSA) is 29.5 Å². The van der Waals surface area contributed by atoms with Crippen LogP contribution in [0.15, 0.2) is 11.6 Å². The van der Waals surface area contributed by atoms with Crippen molar-refractivity contribution in [2.45, 2.75) is 77.1 Å². The van der Waals surface area contributed by atoms with Crippen molar-refractivity contribution in [2.75, 3.05) is 0 Å². The standard InChI is InChI=1S/C15H26O2/c1-11-5-7-12(8-6-11)15(4)10-9-13(17-15)14(2,3)16/h5,12-13,16H,6-10H2,1-4H3/t12?,13-,15+/m1/s1. The number of rotatable bonds is 2. The summed E-state index contributed by atoms with van der Waals surface area (Å²) in [5.74, 6) is 0.624. The van der Waals surface area contributed by atoms with E-state index in [-0.39, 0.29) is 11.7 Å². The summed E-state index contributed by atoms with van der Waals surface area (Å²) < 4.78 is 6.21. The van der Waals surface area contributed by atoms with E-state index < -0.39 is 5.60 Å². The maximum Gasteiger partial charge on any atom is 0.0865 e. The predicted molar refractivity (Wildman–Crippen MR) is 69.9 cm³/mol. The van der Waals surface area contributed by atoms with Crippen molar-refractivity contribution in [3.8, 4) is 0 Å². The van der Waals surface area contributed by atoms with Crippen LogP contribution in [0.1, 0.15) is 59.8 Å². The molecule has 0 aromatic heterocycles. The third-order valence-corrected chi connectivity index (χ3v) is 4.60. The van der Waals surface area contributed by atoms with Crippen molar-refractivity contribution < 1.29 is 9.84 Å². The summed E-state index contributed by atoms with van der Waals surface area (Å²) in [7, 11) is 0. The van der Waals surface area contributed by atoms with Crippen LogP contribution in [0.4, 0.5) is 0 Å². The minimum Gasteiger partial charge on any atom is -0.388 e. The molecule has 1 aliphatic heterocycles. The molecule has 0 radical (unpaired) electrons. The summed E-state index contributed by atoms with van der Waals surface area (Å²) in [6.07, 6.45) is 8.01. The fourth-order valence-electron chi connectivity index (χ4n) is 3.18. The lowest BCUT2D eigenvalue weighted by atomic mass is 9.77. The molecule has 1 unspecified atom stereocenters. The molecule has 1 aliphatic carbocycles. The van der Waals surface area contributed by atoms with Gasteiger partial charge in [-0.3, -0.25) is 0 Å². The Balaban J connectivity index is 2.02. The molecule has 1 saturated heterocycles. The Labute approximate surface area is 105 Å². The highest BCUT2D eigenvalue weighted by Gasteiger charge is 2.46.